The minimum atomic E-state index is -3.39. The minimum Gasteiger partial charge on any atom is -0.497 e. The van der Waals surface area contributed by atoms with Crippen LogP contribution in [0.3, 0.4) is 0 Å². The van der Waals surface area contributed by atoms with Gasteiger partial charge in [0.2, 0.25) is 0 Å². The van der Waals surface area contributed by atoms with Gasteiger partial charge in [-0.25, -0.2) is 4.72 Å². The second kappa shape index (κ2) is 5.90. The van der Waals surface area contributed by atoms with Crippen LogP contribution in [0.25, 0.3) is 0 Å². The SMILES string of the molecule is COc1ccc(C(C)(C)CNS(=O)(=O)N(C)C)cc1. The number of hydrogen-bond donors (Lipinski definition) is 1. The van der Waals surface area contributed by atoms with Crippen LogP contribution in [-0.2, 0) is 15.6 Å². The Kier molecular flexibility index (Phi) is 4.95. The fraction of sp³-hybridized carbons (Fsp3) is 0.538. The summed E-state index contributed by atoms with van der Waals surface area (Å²) in [7, 11) is 1.23. The van der Waals surface area contributed by atoms with Gasteiger partial charge < -0.3 is 4.74 Å². The Labute approximate surface area is 115 Å². The Hall–Kier alpha value is -1.11. The molecule has 108 valence electrons. The summed E-state index contributed by atoms with van der Waals surface area (Å²) in [6.45, 7) is 4.32. The van der Waals surface area contributed by atoms with Gasteiger partial charge in [0.25, 0.3) is 10.2 Å². The lowest BCUT2D eigenvalue weighted by Gasteiger charge is -2.26. The fourth-order valence-electron chi connectivity index (χ4n) is 1.54. The standard InChI is InChI=1S/C13H22N2O3S/c1-13(2,10-14-19(16,17)15(3)4)11-6-8-12(18-5)9-7-11/h6-9,14H,10H2,1-5H3. The predicted molar refractivity (Wildman–Crippen MR) is 76.6 cm³/mol. The van der Waals surface area contributed by atoms with E-state index in [1.54, 1.807) is 7.11 Å². The maximum Gasteiger partial charge on any atom is 0.278 e. The number of rotatable bonds is 6. The Morgan fingerprint density at radius 3 is 2.16 bits per heavy atom. The molecule has 0 aliphatic carbocycles. The molecule has 0 aliphatic rings. The Bertz CT molecular complexity index is 507. The molecule has 1 aromatic rings. The summed E-state index contributed by atoms with van der Waals surface area (Å²) in [6, 6.07) is 7.64. The summed E-state index contributed by atoms with van der Waals surface area (Å²) in [4.78, 5) is 0. The second-order valence-electron chi connectivity index (χ2n) is 5.22. The summed E-state index contributed by atoms with van der Waals surface area (Å²) < 4.78 is 32.3. The molecule has 0 radical (unpaired) electrons. The summed E-state index contributed by atoms with van der Waals surface area (Å²) >= 11 is 0. The first-order valence-corrected chi connectivity index (χ1v) is 7.45. The molecular weight excluding hydrogens is 264 g/mol. The molecule has 0 bridgehead atoms. The first kappa shape index (κ1) is 15.9. The molecule has 6 heteroatoms. The van der Waals surface area contributed by atoms with Crippen molar-refractivity contribution in [3.63, 3.8) is 0 Å². The number of methoxy groups -OCH3 is 1. The quantitative estimate of drug-likeness (QED) is 0.859. The van der Waals surface area contributed by atoms with Crippen molar-refractivity contribution in [2.24, 2.45) is 0 Å². The molecule has 19 heavy (non-hydrogen) atoms. The van der Waals surface area contributed by atoms with E-state index in [1.165, 1.54) is 14.1 Å². The summed E-state index contributed by atoms with van der Waals surface area (Å²) in [5, 5.41) is 0. The first-order valence-electron chi connectivity index (χ1n) is 6.01. The third kappa shape index (κ3) is 4.19. The highest BCUT2D eigenvalue weighted by Gasteiger charge is 2.24. The summed E-state index contributed by atoms with van der Waals surface area (Å²) in [5.41, 5.74) is 0.754. The zero-order valence-corrected chi connectivity index (χ0v) is 12.9. The van der Waals surface area contributed by atoms with E-state index in [9.17, 15) is 8.42 Å². The van der Waals surface area contributed by atoms with Gasteiger partial charge in [-0.2, -0.15) is 12.7 Å². The molecule has 1 aromatic carbocycles. The van der Waals surface area contributed by atoms with Crippen LogP contribution >= 0.6 is 0 Å². The van der Waals surface area contributed by atoms with Crippen molar-refractivity contribution in [3.05, 3.63) is 29.8 Å². The van der Waals surface area contributed by atoms with E-state index >= 15 is 0 Å². The fourth-order valence-corrected chi connectivity index (χ4v) is 2.35. The van der Waals surface area contributed by atoms with Crippen LogP contribution in [0.5, 0.6) is 5.75 Å². The maximum atomic E-state index is 11.7. The lowest BCUT2D eigenvalue weighted by atomic mass is 9.85. The topological polar surface area (TPSA) is 58.6 Å². The molecule has 0 amide bonds. The zero-order chi connectivity index (χ0) is 14.7. The molecule has 1 N–H and O–H groups in total. The lowest BCUT2D eigenvalue weighted by Crippen LogP contribution is -2.42. The van der Waals surface area contributed by atoms with Gasteiger partial charge in [0.1, 0.15) is 5.75 Å². The molecule has 0 unspecified atom stereocenters. The van der Waals surface area contributed by atoms with Crippen molar-refractivity contribution < 1.29 is 13.2 Å². The molecule has 0 saturated carbocycles. The molecule has 5 nitrogen and oxygen atoms in total. The molecule has 0 heterocycles. The number of nitrogens with zero attached hydrogens (tertiary/aromatic N) is 1. The van der Waals surface area contributed by atoms with Crippen LogP contribution in [-0.4, -0.2) is 40.5 Å². The van der Waals surface area contributed by atoms with E-state index in [4.69, 9.17) is 4.74 Å². The van der Waals surface area contributed by atoms with E-state index < -0.39 is 10.2 Å². The molecule has 0 aliphatic heterocycles. The Morgan fingerprint density at radius 1 is 1.21 bits per heavy atom. The first-order chi connectivity index (χ1) is 8.69. The highest BCUT2D eigenvalue weighted by atomic mass is 32.2. The molecule has 0 spiro atoms. The average Bonchev–Trinajstić information content (AvgIpc) is 2.36. The van der Waals surface area contributed by atoms with Crippen molar-refractivity contribution >= 4 is 10.2 Å². The van der Waals surface area contributed by atoms with E-state index in [0.29, 0.717) is 6.54 Å². The van der Waals surface area contributed by atoms with Gasteiger partial charge >= 0.3 is 0 Å². The Morgan fingerprint density at radius 2 is 1.74 bits per heavy atom. The van der Waals surface area contributed by atoms with Gasteiger partial charge in [0.15, 0.2) is 0 Å². The smallest absolute Gasteiger partial charge is 0.278 e. The van der Waals surface area contributed by atoms with E-state index in [-0.39, 0.29) is 5.41 Å². The van der Waals surface area contributed by atoms with Gasteiger partial charge in [-0.3, -0.25) is 0 Å². The van der Waals surface area contributed by atoms with Crippen molar-refractivity contribution in [2.45, 2.75) is 19.3 Å². The van der Waals surface area contributed by atoms with Gasteiger partial charge in [-0.1, -0.05) is 26.0 Å². The van der Waals surface area contributed by atoms with Gasteiger partial charge in [-0.15, -0.1) is 0 Å². The van der Waals surface area contributed by atoms with E-state index in [0.717, 1.165) is 15.6 Å². The molecule has 1 rings (SSSR count). The molecule has 0 saturated heterocycles. The van der Waals surface area contributed by atoms with Crippen LogP contribution in [0.2, 0.25) is 0 Å². The minimum absolute atomic E-state index is 0.296. The third-order valence-corrected chi connectivity index (χ3v) is 4.52. The van der Waals surface area contributed by atoms with Gasteiger partial charge in [0, 0.05) is 26.1 Å². The summed E-state index contributed by atoms with van der Waals surface area (Å²) in [5.74, 6) is 0.786. The predicted octanol–water partition coefficient (Wildman–Crippen LogP) is 1.37. The molecule has 0 fully saturated rings. The maximum absolute atomic E-state index is 11.7. The van der Waals surface area contributed by atoms with Crippen LogP contribution in [0.4, 0.5) is 0 Å². The number of ether oxygens (including phenoxy) is 1. The van der Waals surface area contributed by atoms with Crippen molar-refractivity contribution in [1.82, 2.24) is 9.03 Å². The van der Waals surface area contributed by atoms with E-state index in [2.05, 4.69) is 4.72 Å². The highest BCUT2D eigenvalue weighted by Crippen LogP contribution is 2.24. The monoisotopic (exact) mass is 286 g/mol. The number of nitrogens with one attached hydrogen (secondary N) is 1. The normalized spacial score (nSPS) is 12.7. The number of hydrogen-bond acceptors (Lipinski definition) is 3. The second-order valence-corrected chi connectivity index (χ2v) is 7.19. The average molecular weight is 286 g/mol. The van der Waals surface area contributed by atoms with Gasteiger partial charge in [0.05, 0.1) is 7.11 Å². The van der Waals surface area contributed by atoms with Crippen LogP contribution < -0.4 is 9.46 Å². The summed E-state index contributed by atoms with van der Waals surface area (Å²) in [6.07, 6.45) is 0. The third-order valence-electron chi connectivity index (χ3n) is 3.05. The van der Waals surface area contributed by atoms with Crippen LogP contribution in [0, 0.1) is 0 Å². The van der Waals surface area contributed by atoms with Crippen molar-refractivity contribution in [1.29, 1.82) is 0 Å². The Balaban J connectivity index is 2.80. The molecule has 0 aromatic heterocycles. The largest absolute Gasteiger partial charge is 0.497 e. The number of benzene rings is 1. The van der Waals surface area contributed by atoms with Crippen molar-refractivity contribution in [2.75, 3.05) is 27.7 Å². The van der Waals surface area contributed by atoms with E-state index in [1.807, 2.05) is 38.1 Å². The molecular formula is C13H22N2O3S. The zero-order valence-electron chi connectivity index (χ0n) is 12.1. The lowest BCUT2D eigenvalue weighted by molar-refractivity contribution is 0.413. The van der Waals surface area contributed by atoms with Crippen LogP contribution in [0.1, 0.15) is 19.4 Å². The van der Waals surface area contributed by atoms with Gasteiger partial charge in [-0.05, 0) is 17.7 Å². The van der Waals surface area contributed by atoms with Crippen LogP contribution in [0.15, 0.2) is 24.3 Å². The van der Waals surface area contributed by atoms with Crippen molar-refractivity contribution in [3.8, 4) is 5.75 Å². The molecule has 0 atom stereocenters. The highest BCUT2D eigenvalue weighted by molar-refractivity contribution is 7.87.